The van der Waals surface area contributed by atoms with Crippen LogP contribution in [0.25, 0.3) is 6.08 Å². The summed E-state index contributed by atoms with van der Waals surface area (Å²) in [4.78, 5) is 31.2. The molecule has 1 heterocycles. The van der Waals surface area contributed by atoms with Gasteiger partial charge in [0.2, 0.25) is 5.91 Å². The lowest BCUT2D eigenvalue weighted by Crippen LogP contribution is -2.66. The third-order valence-electron chi connectivity index (χ3n) is 7.04. The lowest BCUT2D eigenvalue weighted by atomic mass is 9.60. The van der Waals surface area contributed by atoms with Gasteiger partial charge in [-0.2, -0.15) is 26.3 Å². The van der Waals surface area contributed by atoms with E-state index in [4.69, 9.17) is 19.8 Å². The van der Waals surface area contributed by atoms with Crippen molar-refractivity contribution in [1.82, 2.24) is 15.5 Å². The number of carbonyl (C=O) groups is 3. The number of hydrogen-bond donors (Lipinski definition) is 4. The molecule has 1 aromatic rings. The number of amides is 1. The Morgan fingerprint density at radius 1 is 1.00 bits per heavy atom. The molecule has 4 N–H and O–H groups in total. The topological polar surface area (TPSA) is 119 Å². The number of likely N-dealkylation sites (tertiary alicyclic amines) is 1. The van der Waals surface area contributed by atoms with Crippen LogP contribution >= 0.6 is 0 Å². The van der Waals surface area contributed by atoms with E-state index in [0.717, 1.165) is 25.4 Å². The minimum absolute atomic E-state index is 0.0740. The Bertz CT molecular complexity index is 1040. The van der Waals surface area contributed by atoms with E-state index >= 15 is 0 Å². The third-order valence-corrected chi connectivity index (χ3v) is 7.04. The molecule has 14 heteroatoms. The molecule has 2 atom stereocenters. The normalized spacial score (nSPS) is 21.7. The summed E-state index contributed by atoms with van der Waals surface area (Å²) < 4.78 is 63.5. The molecule has 8 nitrogen and oxygen atoms in total. The summed E-state index contributed by atoms with van der Waals surface area (Å²) in [5.41, 5.74) is 3.50. The number of carboxylic acids is 2. The van der Waals surface area contributed by atoms with Gasteiger partial charge in [0.1, 0.15) is 0 Å². The molecule has 2 saturated carbocycles. The first kappa shape index (κ1) is 34.1. The van der Waals surface area contributed by atoms with Gasteiger partial charge < -0.3 is 25.7 Å². The molecule has 1 spiro atoms. The number of carboxylic acid groups (broad SMARTS) is 2. The molecular formula is C27H35F6N3O5. The first-order chi connectivity index (χ1) is 19.0. The number of benzene rings is 1. The molecule has 1 saturated heterocycles. The van der Waals surface area contributed by atoms with Crippen molar-refractivity contribution >= 4 is 23.9 Å². The average Bonchev–Trinajstić information content (AvgIpc) is 3.58. The van der Waals surface area contributed by atoms with E-state index in [9.17, 15) is 31.1 Å². The highest BCUT2D eigenvalue weighted by Gasteiger charge is 2.53. The quantitative estimate of drug-likeness (QED) is 0.331. The molecule has 1 aliphatic heterocycles. The van der Waals surface area contributed by atoms with Gasteiger partial charge in [-0.1, -0.05) is 48.9 Å². The molecule has 230 valence electrons. The van der Waals surface area contributed by atoms with E-state index in [-0.39, 0.29) is 5.91 Å². The molecule has 3 aliphatic rings. The molecular weight excluding hydrogens is 560 g/mol. The molecule has 4 rings (SSSR count). The van der Waals surface area contributed by atoms with Crippen LogP contribution in [0.3, 0.4) is 0 Å². The number of nitrogens with one attached hydrogen (secondary N) is 2. The van der Waals surface area contributed by atoms with Crippen molar-refractivity contribution in [1.29, 1.82) is 0 Å². The van der Waals surface area contributed by atoms with Crippen molar-refractivity contribution in [3.8, 4) is 0 Å². The third kappa shape index (κ3) is 11.3. The summed E-state index contributed by atoms with van der Waals surface area (Å²) in [5, 5.41) is 21.1. The van der Waals surface area contributed by atoms with Crippen LogP contribution in [-0.2, 0) is 14.4 Å². The van der Waals surface area contributed by atoms with Crippen LogP contribution in [0.4, 0.5) is 26.3 Å². The van der Waals surface area contributed by atoms with Crippen LogP contribution in [0, 0.1) is 11.3 Å². The number of alkyl halides is 6. The monoisotopic (exact) mass is 595 g/mol. The lowest BCUT2D eigenvalue weighted by molar-refractivity contribution is -0.193. The van der Waals surface area contributed by atoms with Crippen molar-refractivity contribution in [3.05, 3.63) is 41.5 Å². The summed E-state index contributed by atoms with van der Waals surface area (Å²) in [5.74, 6) is -4.70. The SMILES string of the molecule is CC/C(=C\c1ccccc1)[C@@H]1C[C@H]1NC1CC2(C1)CN(CCNC(C)=O)C2.O=C(O)C(F)(F)F.O=C(O)C(F)(F)F. The average molecular weight is 596 g/mol. The summed E-state index contributed by atoms with van der Waals surface area (Å²) in [6, 6.07) is 12.1. The van der Waals surface area contributed by atoms with E-state index in [1.807, 2.05) is 0 Å². The zero-order valence-electron chi connectivity index (χ0n) is 22.7. The number of halogens is 6. The summed E-state index contributed by atoms with van der Waals surface area (Å²) in [6.07, 6.45) is -2.66. The zero-order chi connectivity index (χ0) is 31.0. The molecule has 0 radical (unpaired) electrons. The van der Waals surface area contributed by atoms with E-state index in [1.54, 1.807) is 12.5 Å². The van der Waals surface area contributed by atoms with Crippen LogP contribution in [0.15, 0.2) is 35.9 Å². The van der Waals surface area contributed by atoms with E-state index in [1.165, 1.54) is 37.9 Å². The first-order valence-corrected chi connectivity index (χ1v) is 13.0. The second-order valence-corrected chi connectivity index (χ2v) is 10.5. The van der Waals surface area contributed by atoms with Crippen LogP contribution in [0.5, 0.6) is 0 Å². The van der Waals surface area contributed by atoms with Gasteiger partial charge in [0.25, 0.3) is 0 Å². The molecule has 2 aliphatic carbocycles. The van der Waals surface area contributed by atoms with Crippen molar-refractivity contribution < 1.29 is 50.9 Å². The fourth-order valence-corrected chi connectivity index (χ4v) is 5.14. The number of carbonyl (C=O) groups excluding carboxylic acids is 1. The largest absolute Gasteiger partial charge is 0.490 e. The summed E-state index contributed by atoms with van der Waals surface area (Å²) in [7, 11) is 0. The Balaban J connectivity index is 0.000000349. The highest BCUT2D eigenvalue weighted by atomic mass is 19.4. The van der Waals surface area contributed by atoms with Gasteiger partial charge in [-0.15, -0.1) is 0 Å². The molecule has 1 aromatic carbocycles. The summed E-state index contributed by atoms with van der Waals surface area (Å²) in [6.45, 7) is 8.08. The number of hydrogen-bond acceptors (Lipinski definition) is 5. The Kier molecular flexibility index (Phi) is 11.8. The van der Waals surface area contributed by atoms with Gasteiger partial charge in [-0.05, 0) is 42.6 Å². The summed E-state index contributed by atoms with van der Waals surface area (Å²) >= 11 is 0. The van der Waals surface area contributed by atoms with Crippen LogP contribution in [-0.4, -0.2) is 83.6 Å². The highest BCUT2D eigenvalue weighted by molar-refractivity contribution is 5.73. The van der Waals surface area contributed by atoms with Gasteiger partial charge in [0, 0.05) is 45.2 Å². The molecule has 0 bridgehead atoms. The second kappa shape index (κ2) is 14.2. The van der Waals surface area contributed by atoms with Gasteiger partial charge in [0.05, 0.1) is 0 Å². The molecule has 1 amide bonds. The van der Waals surface area contributed by atoms with Gasteiger partial charge >= 0.3 is 24.3 Å². The van der Waals surface area contributed by atoms with Crippen molar-refractivity contribution in [2.75, 3.05) is 26.2 Å². The van der Waals surface area contributed by atoms with Gasteiger partial charge in [-0.25, -0.2) is 9.59 Å². The number of aliphatic carboxylic acids is 2. The van der Waals surface area contributed by atoms with Gasteiger partial charge in [-0.3, -0.25) is 4.79 Å². The minimum Gasteiger partial charge on any atom is -0.475 e. The maximum atomic E-state index is 10.9. The smallest absolute Gasteiger partial charge is 0.475 e. The van der Waals surface area contributed by atoms with Gasteiger partial charge in [0.15, 0.2) is 0 Å². The van der Waals surface area contributed by atoms with E-state index in [2.05, 4.69) is 58.9 Å². The molecule has 0 unspecified atom stereocenters. The minimum atomic E-state index is -5.08. The fourth-order valence-electron chi connectivity index (χ4n) is 5.14. The molecule has 3 fully saturated rings. The fraction of sp³-hybridized carbons (Fsp3) is 0.593. The standard InChI is InChI=1S/C23H33N3O.2C2HF3O2/c1-3-19(11-18-7-5-4-6-8-18)21-12-22(21)25-20-13-23(14-20)15-26(16-23)10-9-24-17(2)27;2*3-2(4,5)1(6)7/h4-8,11,20-22,25H,3,9-10,12-16H2,1-2H3,(H,24,27);2*(H,6,7)/b19-11+;;/t21-,22+;;/m0../s1. The Hall–Kier alpha value is -3.13. The second-order valence-electron chi connectivity index (χ2n) is 10.5. The maximum Gasteiger partial charge on any atom is 0.490 e. The lowest BCUT2D eigenvalue weighted by Gasteiger charge is -2.59. The highest BCUT2D eigenvalue weighted by Crippen LogP contribution is 2.50. The molecule has 41 heavy (non-hydrogen) atoms. The zero-order valence-corrected chi connectivity index (χ0v) is 22.7. The maximum absolute atomic E-state index is 10.9. The Labute approximate surface area is 233 Å². The van der Waals surface area contributed by atoms with Crippen LogP contribution in [0.1, 0.15) is 45.1 Å². The van der Waals surface area contributed by atoms with E-state index < -0.39 is 24.3 Å². The van der Waals surface area contributed by atoms with E-state index in [0.29, 0.717) is 17.5 Å². The van der Waals surface area contributed by atoms with Crippen LogP contribution in [0.2, 0.25) is 0 Å². The van der Waals surface area contributed by atoms with Crippen molar-refractivity contribution in [3.63, 3.8) is 0 Å². The molecule has 0 aromatic heterocycles. The predicted octanol–water partition coefficient (Wildman–Crippen LogP) is 4.33. The van der Waals surface area contributed by atoms with Crippen molar-refractivity contribution in [2.45, 2.75) is 64.0 Å². The van der Waals surface area contributed by atoms with Crippen molar-refractivity contribution in [2.24, 2.45) is 11.3 Å². The van der Waals surface area contributed by atoms with Crippen LogP contribution < -0.4 is 10.6 Å². The number of nitrogens with zero attached hydrogens (tertiary/aromatic N) is 1. The first-order valence-electron chi connectivity index (χ1n) is 13.0. The number of rotatable bonds is 8. The predicted molar refractivity (Wildman–Crippen MR) is 138 cm³/mol. The Morgan fingerprint density at radius 2 is 1.51 bits per heavy atom. The Morgan fingerprint density at radius 3 is 1.95 bits per heavy atom.